The van der Waals surface area contributed by atoms with Crippen LogP contribution < -0.4 is 5.56 Å². The van der Waals surface area contributed by atoms with Crippen LogP contribution in [0.3, 0.4) is 0 Å². The molecule has 82 valence electrons. The Bertz CT molecular complexity index is 585. The third-order valence-electron chi connectivity index (χ3n) is 2.63. The highest BCUT2D eigenvalue weighted by molar-refractivity contribution is 5.59. The van der Waals surface area contributed by atoms with Gasteiger partial charge >= 0.3 is 0 Å². The van der Waals surface area contributed by atoms with E-state index < -0.39 is 0 Å². The topological polar surface area (TPSA) is 45.8 Å². The van der Waals surface area contributed by atoms with Crippen LogP contribution in [0.15, 0.2) is 29.1 Å². The third kappa shape index (κ3) is 1.89. The van der Waals surface area contributed by atoms with Gasteiger partial charge in [-0.2, -0.15) is 0 Å². The molecule has 3 heteroatoms. The molecule has 16 heavy (non-hydrogen) atoms. The maximum atomic E-state index is 11.8. The molecular weight excluding hydrogens is 200 g/mol. The van der Waals surface area contributed by atoms with Gasteiger partial charge in [-0.1, -0.05) is 23.8 Å². The van der Waals surface area contributed by atoms with E-state index in [-0.39, 0.29) is 5.56 Å². The summed E-state index contributed by atoms with van der Waals surface area (Å²) in [4.78, 5) is 18.9. The van der Waals surface area contributed by atoms with Crippen molar-refractivity contribution < 1.29 is 0 Å². The maximum absolute atomic E-state index is 11.8. The molecule has 3 nitrogen and oxygen atoms in total. The van der Waals surface area contributed by atoms with Crippen molar-refractivity contribution in [1.82, 2.24) is 9.97 Å². The average molecular weight is 214 g/mol. The molecule has 0 atom stereocenters. The van der Waals surface area contributed by atoms with Gasteiger partial charge in [0.25, 0.3) is 5.56 Å². The lowest BCUT2D eigenvalue weighted by atomic mass is 10.1. The van der Waals surface area contributed by atoms with E-state index in [2.05, 4.69) is 9.97 Å². The van der Waals surface area contributed by atoms with Gasteiger partial charge in [0.15, 0.2) is 0 Å². The molecule has 0 saturated carbocycles. The lowest BCUT2D eigenvalue weighted by Gasteiger charge is -2.04. The first kappa shape index (κ1) is 10.6. The van der Waals surface area contributed by atoms with Gasteiger partial charge in [-0.15, -0.1) is 0 Å². The van der Waals surface area contributed by atoms with E-state index in [1.54, 1.807) is 0 Å². The van der Waals surface area contributed by atoms with E-state index in [0.717, 1.165) is 22.5 Å². The minimum Gasteiger partial charge on any atom is -0.323 e. The van der Waals surface area contributed by atoms with Gasteiger partial charge in [0.2, 0.25) is 0 Å². The number of aromatic nitrogens is 2. The molecule has 2 rings (SSSR count). The fraction of sp³-hybridized carbons (Fsp3) is 0.231. The van der Waals surface area contributed by atoms with E-state index >= 15 is 0 Å². The van der Waals surface area contributed by atoms with Crippen LogP contribution in [0.5, 0.6) is 0 Å². The predicted octanol–water partition coefficient (Wildman–Crippen LogP) is 2.36. The molecule has 0 unspecified atom stereocenters. The quantitative estimate of drug-likeness (QED) is 0.792. The second-order valence-electron chi connectivity index (χ2n) is 3.99. The number of nitrogens with zero attached hydrogens (tertiary/aromatic N) is 1. The van der Waals surface area contributed by atoms with Crippen molar-refractivity contribution in [2.24, 2.45) is 0 Å². The van der Waals surface area contributed by atoms with Crippen molar-refractivity contribution >= 4 is 0 Å². The zero-order valence-corrected chi connectivity index (χ0v) is 9.66. The van der Waals surface area contributed by atoms with Crippen molar-refractivity contribution in [2.45, 2.75) is 20.8 Å². The Labute approximate surface area is 94.2 Å². The van der Waals surface area contributed by atoms with Crippen LogP contribution in [0, 0.1) is 20.8 Å². The van der Waals surface area contributed by atoms with Crippen LogP contribution in [-0.2, 0) is 0 Å². The van der Waals surface area contributed by atoms with Crippen LogP contribution in [0.1, 0.15) is 17.0 Å². The van der Waals surface area contributed by atoms with Crippen LogP contribution >= 0.6 is 0 Å². The number of aryl methyl sites for hydroxylation is 3. The van der Waals surface area contributed by atoms with Gasteiger partial charge in [0, 0.05) is 11.3 Å². The number of hydrogen-bond acceptors (Lipinski definition) is 2. The summed E-state index contributed by atoms with van der Waals surface area (Å²) >= 11 is 0. The smallest absolute Gasteiger partial charge is 0.274 e. The maximum Gasteiger partial charge on any atom is 0.274 e. The molecule has 0 aliphatic rings. The summed E-state index contributed by atoms with van der Waals surface area (Å²) in [6.45, 7) is 5.74. The first-order valence-corrected chi connectivity index (χ1v) is 5.22. The molecule has 0 amide bonds. The second kappa shape index (κ2) is 3.93. The summed E-state index contributed by atoms with van der Waals surface area (Å²) in [6.07, 6.45) is 0. The number of benzene rings is 1. The molecule has 0 bridgehead atoms. The number of rotatable bonds is 1. The molecule has 1 aromatic carbocycles. The molecule has 0 spiro atoms. The van der Waals surface area contributed by atoms with Gasteiger partial charge < -0.3 is 4.98 Å². The monoisotopic (exact) mass is 214 g/mol. The van der Waals surface area contributed by atoms with Crippen molar-refractivity contribution in [3.8, 4) is 11.3 Å². The Hall–Kier alpha value is -1.90. The van der Waals surface area contributed by atoms with Crippen molar-refractivity contribution in [1.29, 1.82) is 0 Å². The minimum absolute atomic E-state index is 0.131. The predicted molar refractivity (Wildman–Crippen MR) is 64.5 cm³/mol. The van der Waals surface area contributed by atoms with Gasteiger partial charge in [-0.25, -0.2) is 4.98 Å². The van der Waals surface area contributed by atoms with E-state index in [4.69, 9.17) is 0 Å². The number of H-pyrrole nitrogens is 1. The number of aromatic amines is 1. The molecule has 1 heterocycles. The average Bonchev–Trinajstić information content (AvgIpc) is 2.23. The van der Waals surface area contributed by atoms with Gasteiger partial charge in [0.1, 0.15) is 5.69 Å². The largest absolute Gasteiger partial charge is 0.323 e. The first-order valence-electron chi connectivity index (χ1n) is 5.22. The Morgan fingerprint density at radius 2 is 1.94 bits per heavy atom. The molecule has 1 N–H and O–H groups in total. The van der Waals surface area contributed by atoms with Crippen molar-refractivity contribution in [3.05, 3.63) is 51.6 Å². The summed E-state index contributed by atoms with van der Waals surface area (Å²) in [7, 11) is 0. The highest BCUT2D eigenvalue weighted by atomic mass is 16.1. The number of nitrogens with one attached hydrogen (secondary N) is 1. The SMILES string of the molecule is Cc1cccc(-c2nc(C)c(C)[nH]c2=O)c1. The molecular formula is C13H14N2O. The molecule has 0 fully saturated rings. The van der Waals surface area contributed by atoms with Crippen molar-refractivity contribution in [2.75, 3.05) is 0 Å². The Kier molecular flexibility index (Phi) is 2.60. The van der Waals surface area contributed by atoms with Crippen LogP contribution in [0.4, 0.5) is 0 Å². The second-order valence-corrected chi connectivity index (χ2v) is 3.99. The fourth-order valence-corrected chi connectivity index (χ4v) is 1.61. The Morgan fingerprint density at radius 1 is 1.19 bits per heavy atom. The molecule has 0 aliphatic heterocycles. The van der Waals surface area contributed by atoms with Gasteiger partial charge in [-0.3, -0.25) is 4.79 Å². The molecule has 0 saturated heterocycles. The van der Waals surface area contributed by atoms with E-state index in [1.807, 2.05) is 45.0 Å². The zero-order valence-electron chi connectivity index (χ0n) is 9.66. The molecule has 2 aromatic rings. The highest BCUT2D eigenvalue weighted by Crippen LogP contribution is 2.15. The molecule has 0 aliphatic carbocycles. The summed E-state index contributed by atoms with van der Waals surface area (Å²) < 4.78 is 0. The summed E-state index contributed by atoms with van der Waals surface area (Å²) in [6, 6.07) is 7.80. The lowest BCUT2D eigenvalue weighted by Crippen LogP contribution is -2.14. The Balaban J connectivity index is 2.65. The molecule has 0 radical (unpaired) electrons. The standard InChI is InChI=1S/C13H14N2O/c1-8-5-4-6-11(7-8)12-13(16)15-10(3)9(2)14-12/h4-7H,1-3H3,(H,15,16). The summed E-state index contributed by atoms with van der Waals surface area (Å²) in [5.41, 5.74) is 4.03. The lowest BCUT2D eigenvalue weighted by molar-refractivity contribution is 1.02. The van der Waals surface area contributed by atoms with Gasteiger partial charge in [-0.05, 0) is 26.8 Å². The highest BCUT2D eigenvalue weighted by Gasteiger charge is 2.07. The third-order valence-corrected chi connectivity index (χ3v) is 2.63. The number of hydrogen-bond donors (Lipinski definition) is 1. The van der Waals surface area contributed by atoms with E-state index in [0.29, 0.717) is 5.69 Å². The Morgan fingerprint density at radius 3 is 2.62 bits per heavy atom. The van der Waals surface area contributed by atoms with Crippen LogP contribution in [-0.4, -0.2) is 9.97 Å². The summed E-state index contributed by atoms with van der Waals surface area (Å²) in [5, 5.41) is 0. The summed E-state index contributed by atoms with van der Waals surface area (Å²) in [5.74, 6) is 0. The van der Waals surface area contributed by atoms with Crippen LogP contribution in [0.25, 0.3) is 11.3 Å². The van der Waals surface area contributed by atoms with E-state index in [9.17, 15) is 4.79 Å². The van der Waals surface area contributed by atoms with Crippen LogP contribution in [0.2, 0.25) is 0 Å². The first-order chi connectivity index (χ1) is 7.58. The zero-order chi connectivity index (χ0) is 11.7. The molecule has 1 aromatic heterocycles. The van der Waals surface area contributed by atoms with Crippen molar-refractivity contribution in [3.63, 3.8) is 0 Å². The fourth-order valence-electron chi connectivity index (χ4n) is 1.61. The normalized spacial score (nSPS) is 10.4. The van der Waals surface area contributed by atoms with Gasteiger partial charge in [0.05, 0.1) is 5.69 Å². The minimum atomic E-state index is -0.131. The van der Waals surface area contributed by atoms with E-state index in [1.165, 1.54) is 0 Å².